The molecule has 11 heteroatoms. The molecule has 4 N–H and O–H groups in total. The Morgan fingerprint density at radius 2 is 2.08 bits per heavy atom. The summed E-state index contributed by atoms with van der Waals surface area (Å²) in [5.74, 6) is -2.50. The van der Waals surface area contributed by atoms with Gasteiger partial charge in [-0.05, 0) is 13.8 Å². The van der Waals surface area contributed by atoms with Crippen LogP contribution in [0.15, 0.2) is 24.2 Å². The Labute approximate surface area is 138 Å². The molecule has 1 rings (SSSR count). The second kappa shape index (κ2) is 8.11. The average molecular weight is 368 g/mol. The minimum absolute atomic E-state index is 0.132. The maximum atomic E-state index is 11.8. The lowest BCUT2D eigenvalue weighted by atomic mass is 10.1. The summed E-state index contributed by atoms with van der Waals surface area (Å²) in [5.41, 5.74) is -1.32. The van der Waals surface area contributed by atoms with Gasteiger partial charge in [-0.15, -0.1) is 6.58 Å². The van der Waals surface area contributed by atoms with Gasteiger partial charge in [0.2, 0.25) is 0 Å². The highest BCUT2D eigenvalue weighted by molar-refractivity contribution is 7.46. The van der Waals surface area contributed by atoms with E-state index < -0.39 is 43.1 Å². The number of ether oxygens (including phenoxy) is 3. The van der Waals surface area contributed by atoms with E-state index in [0.29, 0.717) is 0 Å². The van der Waals surface area contributed by atoms with Crippen molar-refractivity contribution in [3.63, 3.8) is 0 Å². The van der Waals surface area contributed by atoms with E-state index in [-0.39, 0.29) is 19.8 Å². The summed E-state index contributed by atoms with van der Waals surface area (Å²) in [6, 6.07) is 0. The molecule has 0 spiro atoms. The lowest BCUT2D eigenvalue weighted by molar-refractivity contribution is -0.149. The summed E-state index contributed by atoms with van der Waals surface area (Å²) in [6.45, 7) is 5.78. The fourth-order valence-electron chi connectivity index (χ4n) is 1.67. The number of aliphatic hydroxyl groups excluding tert-OH is 1. The number of phosphoric acid groups is 1. The first-order chi connectivity index (χ1) is 10.9. The Morgan fingerprint density at radius 1 is 1.46 bits per heavy atom. The van der Waals surface area contributed by atoms with Gasteiger partial charge in [-0.25, -0.2) is 9.36 Å². The number of carbonyl (C=O) groups excluding carboxylic acids is 1. The molecular weight excluding hydrogens is 347 g/mol. The predicted octanol–water partition coefficient (Wildman–Crippen LogP) is -0.416. The van der Waals surface area contributed by atoms with E-state index in [4.69, 9.17) is 24.0 Å². The summed E-state index contributed by atoms with van der Waals surface area (Å²) < 4.78 is 30.4. The van der Waals surface area contributed by atoms with Gasteiger partial charge in [0, 0.05) is 0 Å². The van der Waals surface area contributed by atoms with Crippen LogP contribution in [-0.2, 0) is 28.1 Å². The fraction of sp³-hybridized carbons (Fsp3) is 0.615. The number of carbonyl (C=O) groups is 1. The van der Waals surface area contributed by atoms with Crippen LogP contribution in [0.4, 0.5) is 0 Å². The summed E-state index contributed by atoms with van der Waals surface area (Å²) in [5, 5.41) is 19.7. The van der Waals surface area contributed by atoms with Gasteiger partial charge in [0.15, 0.2) is 11.9 Å². The second-order valence-corrected chi connectivity index (χ2v) is 6.76. The van der Waals surface area contributed by atoms with Gasteiger partial charge in [-0.1, -0.05) is 6.08 Å². The van der Waals surface area contributed by atoms with E-state index in [2.05, 4.69) is 11.1 Å². The van der Waals surface area contributed by atoms with Gasteiger partial charge in [-0.3, -0.25) is 9.79 Å². The third-order valence-electron chi connectivity index (χ3n) is 2.57. The van der Waals surface area contributed by atoms with E-state index in [1.807, 2.05) is 0 Å². The fourth-order valence-corrected chi connectivity index (χ4v) is 2.07. The highest BCUT2D eigenvalue weighted by atomic mass is 31.2. The first kappa shape index (κ1) is 20.6. The predicted molar refractivity (Wildman–Crippen MR) is 79.3 cm³/mol. The zero-order valence-electron chi connectivity index (χ0n) is 13.2. The maximum Gasteiger partial charge on any atom is 0.525 e. The number of hydrogen-bond donors (Lipinski definition) is 4. The first-order valence-corrected chi connectivity index (χ1v) is 8.40. The van der Waals surface area contributed by atoms with Crippen LogP contribution in [0.3, 0.4) is 0 Å². The van der Waals surface area contributed by atoms with Gasteiger partial charge in [0.1, 0.15) is 12.7 Å². The molecule has 138 valence electrons. The topological polar surface area (TPSA) is 152 Å². The van der Waals surface area contributed by atoms with Crippen LogP contribution in [0.1, 0.15) is 13.8 Å². The third-order valence-corrected chi connectivity index (χ3v) is 2.99. The molecule has 0 aromatic carbocycles. The van der Waals surface area contributed by atoms with E-state index >= 15 is 0 Å². The molecule has 1 aliphatic rings. The van der Waals surface area contributed by atoms with E-state index in [0.717, 1.165) is 0 Å². The molecule has 0 aliphatic carbocycles. The molecule has 0 radical (unpaired) electrons. The molecule has 0 aromatic rings. The molecule has 0 aromatic heterocycles. The van der Waals surface area contributed by atoms with E-state index in [1.165, 1.54) is 19.9 Å². The smallest absolute Gasteiger partial charge is 0.487 e. The molecule has 0 fully saturated rings. The quantitative estimate of drug-likeness (QED) is 0.173. The number of cyclic esters (lactones) is 1. The van der Waals surface area contributed by atoms with Crippen LogP contribution in [0.5, 0.6) is 0 Å². The minimum atomic E-state index is -5.06. The zero-order chi connectivity index (χ0) is 18.5. The molecule has 0 saturated heterocycles. The Hall–Kier alpha value is -1.42. The van der Waals surface area contributed by atoms with E-state index in [9.17, 15) is 19.6 Å². The summed E-state index contributed by atoms with van der Waals surface area (Å²) in [6.07, 6.45) is -1.34. The molecule has 24 heavy (non-hydrogen) atoms. The second-order valence-electron chi connectivity index (χ2n) is 5.60. The van der Waals surface area contributed by atoms with Crippen molar-refractivity contribution in [2.45, 2.75) is 31.7 Å². The molecule has 1 heterocycles. The van der Waals surface area contributed by atoms with Gasteiger partial charge >= 0.3 is 13.8 Å². The number of esters is 1. The lowest BCUT2D eigenvalue weighted by Gasteiger charge is -2.23. The molecule has 0 amide bonds. The summed E-state index contributed by atoms with van der Waals surface area (Å²) in [4.78, 5) is 29.5. The van der Waals surface area contributed by atoms with Crippen molar-refractivity contribution in [1.82, 2.24) is 0 Å². The van der Waals surface area contributed by atoms with Crippen molar-refractivity contribution < 1.29 is 48.1 Å². The van der Waals surface area contributed by atoms with Crippen LogP contribution in [-0.4, -0.2) is 63.6 Å². The van der Waals surface area contributed by atoms with E-state index in [1.54, 1.807) is 0 Å². The third kappa shape index (κ3) is 6.60. The molecule has 0 bridgehead atoms. The van der Waals surface area contributed by atoms with Crippen molar-refractivity contribution >= 4 is 13.8 Å². The monoisotopic (exact) mass is 368 g/mol. The number of rotatable bonds is 10. The van der Waals surface area contributed by atoms with Crippen molar-refractivity contribution in [1.29, 1.82) is 0 Å². The normalized spacial score (nSPS) is 19.9. The van der Waals surface area contributed by atoms with Gasteiger partial charge < -0.3 is 28.9 Å². The summed E-state index contributed by atoms with van der Waals surface area (Å²) in [7, 11) is -5.06. The van der Waals surface area contributed by atoms with Crippen molar-refractivity contribution in [2.24, 2.45) is 0 Å². The molecule has 1 aliphatic heterocycles. The van der Waals surface area contributed by atoms with Crippen molar-refractivity contribution in [3.05, 3.63) is 24.2 Å². The number of phosphoric ester groups is 1. The Bertz CT molecular complexity index is 543. The molecule has 0 unspecified atom stereocenters. The standard InChI is InChI=1S/C13H21O10P/c1-4-5-20-6-8(14)9-10(21-7-13(2,3)16)11(12(15)22-9)23-24(17,18)19/h4,8-9,14,16H,1,5-7H2,2-3H3,(H2,17,18,19)/t8-,9+/m0/s1. The van der Waals surface area contributed by atoms with Crippen LogP contribution in [0.2, 0.25) is 0 Å². The summed E-state index contributed by atoms with van der Waals surface area (Å²) >= 11 is 0. The molecule has 2 atom stereocenters. The van der Waals surface area contributed by atoms with Crippen molar-refractivity contribution in [2.75, 3.05) is 19.8 Å². The molecular formula is C13H21O10P. The van der Waals surface area contributed by atoms with Crippen molar-refractivity contribution in [3.8, 4) is 0 Å². The average Bonchev–Trinajstić information content (AvgIpc) is 2.71. The Balaban J connectivity index is 3.02. The van der Waals surface area contributed by atoms with Crippen LogP contribution in [0.25, 0.3) is 0 Å². The largest absolute Gasteiger partial charge is 0.525 e. The van der Waals surface area contributed by atoms with Gasteiger partial charge in [0.05, 0.1) is 18.8 Å². The van der Waals surface area contributed by atoms with Crippen LogP contribution >= 0.6 is 7.82 Å². The Morgan fingerprint density at radius 3 is 2.58 bits per heavy atom. The first-order valence-electron chi connectivity index (χ1n) is 6.87. The SMILES string of the molecule is C=CCOC[C@H](O)[C@H]1OC(=O)C(OP(=O)(O)O)=C1OCC(C)(C)O. The lowest BCUT2D eigenvalue weighted by Crippen LogP contribution is -2.35. The van der Waals surface area contributed by atoms with Gasteiger partial charge in [0.25, 0.3) is 5.76 Å². The number of aliphatic hydroxyl groups is 2. The van der Waals surface area contributed by atoms with Gasteiger partial charge in [-0.2, -0.15) is 0 Å². The maximum absolute atomic E-state index is 11.8. The molecule has 10 nitrogen and oxygen atoms in total. The number of hydrogen-bond acceptors (Lipinski definition) is 8. The highest BCUT2D eigenvalue weighted by Gasteiger charge is 2.44. The molecule has 0 saturated carbocycles. The van der Waals surface area contributed by atoms with Crippen LogP contribution in [0, 0.1) is 0 Å². The Kier molecular flexibility index (Phi) is 6.97. The van der Waals surface area contributed by atoms with Crippen LogP contribution < -0.4 is 0 Å². The highest BCUT2D eigenvalue weighted by Crippen LogP contribution is 2.43. The minimum Gasteiger partial charge on any atom is -0.487 e. The zero-order valence-corrected chi connectivity index (χ0v) is 14.1.